The molecule has 9 aromatic rings. The summed E-state index contributed by atoms with van der Waals surface area (Å²) in [6.07, 6.45) is 0. The molecule has 9 rings (SSSR count). The molecular weight excluding hydrogens is 599 g/mol. The maximum absolute atomic E-state index is 8.34. The molecule has 4 heteroatoms. The van der Waals surface area contributed by atoms with Gasteiger partial charge in [0, 0.05) is 21.9 Å². The summed E-state index contributed by atoms with van der Waals surface area (Å²) >= 11 is 0. The molecule has 0 bridgehead atoms. The van der Waals surface area contributed by atoms with Crippen LogP contribution in [0.2, 0.25) is 0 Å². The van der Waals surface area contributed by atoms with Crippen molar-refractivity contribution in [3.8, 4) is 67.5 Å². The van der Waals surface area contributed by atoms with Gasteiger partial charge in [-0.15, -0.1) is 0 Å². The molecule has 0 aliphatic rings. The smallest absolute Gasteiger partial charge is 0.167 e. The summed E-state index contributed by atoms with van der Waals surface area (Å²) in [6.45, 7) is 0. The first-order valence-electron chi connectivity index (χ1n) is 18.5. The standard InChI is InChI=1S/C45H29N3O/c1-4-12-30(13-5-1)31-22-24-32(25-23-31)33-26-28-34(29-27-33)37-18-11-21-40-41(37)38-19-10-20-39(42(38)49-40)45-47-43(35-14-6-2-7-15-35)46-44(48-45)36-16-8-3-9-17-36/h1-29H/i1D,4D,5D,12D,13D. The second kappa shape index (κ2) is 12.2. The molecule has 0 saturated carbocycles. The van der Waals surface area contributed by atoms with Gasteiger partial charge in [0.2, 0.25) is 0 Å². The Labute approximate surface area is 291 Å². The largest absolute Gasteiger partial charge is 0.455 e. The molecule has 0 N–H and O–H groups in total. The summed E-state index contributed by atoms with van der Waals surface area (Å²) < 4.78 is 47.3. The number of nitrogens with zero attached hydrogens (tertiary/aromatic N) is 3. The second-order valence-electron chi connectivity index (χ2n) is 11.7. The molecule has 0 atom stereocenters. The SMILES string of the molecule is [2H]c1c([2H])c([2H])c(-c2ccc(-c3ccc(-c4cccc5oc6c(-c7nc(-c8ccccc8)nc(-c8ccccc8)n7)cccc6c45)cc3)cc2)c([2H])c1[2H]. The van der Waals surface area contributed by atoms with E-state index in [9.17, 15) is 0 Å². The number of para-hydroxylation sites is 1. The normalized spacial score (nSPS) is 12.7. The van der Waals surface area contributed by atoms with Crippen molar-refractivity contribution in [2.75, 3.05) is 0 Å². The first-order chi connectivity index (χ1) is 26.4. The molecular formula is C45H29N3O. The number of hydrogen-bond acceptors (Lipinski definition) is 4. The number of fused-ring (bicyclic) bond motifs is 3. The quantitative estimate of drug-likeness (QED) is 0.183. The van der Waals surface area contributed by atoms with Gasteiger partial charge < -0.3 is 4.42 Å². The predicted octanol–water partition coefficient (Wildman–Crippen LogP) is 11.8. The number of furan rings is 1. The first kappa shape index (κ1) is 23.6. The molecule has 0 aliphatic heterocycles. The van der Waals surface area contributed by atoms with Crippen LogP contribution in [0.25, 0.3) is 89.5 Å². The lowest BCUT2D eigenvalue weighted by atomic mass is 9.96. The third-order valence-electron chi connectivity index (χ3n) is 8.67. The second-order valence-corrected chi connectivity index (χ2v) is 11.7. The Morgan fingerprint density at radius 1 is 0.388 bits per heavy atom. The van der Waals surface area contributed by atoms with Crippen LogP contribution in [-0.4, -0.2) is 15.0 Å². The van der Waals surface area contributed by atoms with E-state index in [4.69, 9.17) is 26.2 Å². The third kappa shape index (κ3) is 5.35. The zero-order valence-electron chi connectivity index (χ0n) is 31.1. The van der Waals surface area contributed by atoms with Crippen LogP contribution >= 0.6 is 0 Å². The molecule has 0 fully saturated rings. The zero-order valence-corrected chi connectivity index (χ0v) is 26.1. The molecule has 0 saturated heterocycles. The van der Waals surface area contributed by atoms with Crippen LogP contribution in [0.3, 0.4) is 0 Å². The predicted molar refractivity (Wildman–Crippen MR) is 200 cm³/mol. The molecule has 7 aromatic carbocycles. The van der Waals surface area contributed by atoms with Crippen molar-refractivity contribution in [1.82, 2.24) is 15.0 Å². The van der Waals surface area contributed by atoms with Crippen LogP contribution in [0.15, 0.2) is 180 Å². The fourth-order valence-corrected chi connectivity index (χ4v) is 6.26. The van der Waals surface area contributed by atoms with Gasteiger partial charge in [-0.25, -0.2) is 15.0 Å². The fourth-order valence-electron chi connectivity index (χ4n) is 6.26. The van der Waals surface area contributed by atoms with Gasteiger partial charge in [0.1, 0.15) is 11.2 Å². The molecule has 2 aromatic heterocycles. The van der Waals surface area contributed by atoms with E-state index in [-0.39, 0.29) is 29.7 Å². The highest BCUT2D eigenvalue weighted by molar-refractivity contribution is 6.15. The van der Waals surface area contributed by atoms with Crippen LogP contribution in [0, 0.1) is 0 Å². The van der Waals surface area contributed by atoms with E-state index in [0.29, 0.717) is 28.6 Å². The fraction of sp³-hybridized carbons (Fsp3) is 0. The minimum absolute atomic E-state index is 0.190. The van der Waals surface area contributed by atoms with Crippen LogP contribution in [0.1, 0.15) is 6.85 Å². The number of benzene rings is 7. The Balaban J connectivity index is 1.10. The van der Waals surface area contributed by atoms with Crippen LogP contribution in [0.4, 0.5) is 0 Å². The highest BCUT2D eigenvalue weighted by Crippen LogP contribution is 2.40. The summed E-state index contributed by atoms with van der Waals surface area (Å²) in [5, 5.41) is 1.94. The van der Waals surface area contributed by atoms with Gasteiger partial charge in [0.25, 0.3) is 0 Å². The van der Waals surface area contributed by atoms with E-state index in [2.05, 4.69) is 36.4 Å². The molecule has 230 valence electrons. The molecule has 0 spiro atoms. The highest BCUT2D eigenvalue weighted by Gasteiger charge is 2.19. The van der Waals surface area contributed by atoms with Crippen LogP contribution < -0.4 is 0 Å². The van der Waals surface area contributed by atoms with Gasteiger partial charge in [0.15, 0.2) is 17.5 Å². The number of hydrogen-bond donors (Lipinski definition) is 0. The highest BCUT2D eigenvalue weighted by atomic mass is 16.3. The van der Waals surface area contributed by atoms with Crippen molar-refractivity contribution >= 4 is 21.9 Å². The van der Waals surface area contributed by atoms with Gasteiger partial charge >= 0.3 is 0 Å². The number of rotatable bonds is 6. The molecule has 2 heterocycles. The Bertz CT molecular complexity index is 2770. The monoisotopic (exact) mass is 632 g/mol. The lowest BCUT2D eigenvalue weighted by molar-refractivity contribution is 0.669. The van der Waals surface area contributed by atoms with E-state index >= 15 is 0 Å². The van der Waals surface area contributed by atoms with E-state index in [0.717, 1.165) is 55.3 Å². The van der Waals surface area contributed by atoms with Gasteiger partial charge in [-0.05, 0) is 45.5 Å². The summed E-state index contributed by atoms with van der Waals surface area (Å²) in [5.41, 5.74) is 8.73. The number of aromatic nitrogens is 3. The van der Waals surface area contributed by atoms with Crippen molar-refractivity contribution < 1.29 is 11.3 Å². The van der Waals surface area contributed by atoms with E-state index in [1.54, 1.807) is 12.1 Å². The maximum atomic E-state index is 8.34. The van der Waals surface area contributed by atoms with Crippen LogP contribution in [0.5, 0.6) is 0 Å². The minimum Gasteiger partial charge on any atom is -0.455 e. The molecule has 0 amide bonds. The molecule has 0 unspecified atom stereocenters. The van der Waals surface area contributed by atoms with Crippen molar-refractivity contribution in [3.63, 3.8) is 0 Å². The van der Waals surface area contributed by atoms with Crippen LogP contribution in [-0.2, 0) is 0 Å². The Hall–Kier alpha value is -6.65. The van der Waals surface area contributed by atoms with Crippen molar-refractivity contribution in [2.45, 2.75) is 0 Å². The Morgan fingerprint density at radius 3 is 1.51 bits per heavy atom. The average molecular weight is 633 g/mol. The zero-order chi connectivity index (χ0) is 36.9. The molecule has 0 aliphatic carbocycles. The topological polar surface area (TPSA) is 51.8 Å². The van der Waals surface area contributed by atoms with Gasteiger partial charge in [0.05, 0.1) is 12.4 Å². The summed E-state index contributed by atoms with van der Waals surface area (Å²) in [7, 11) is 0. The molecule has 0 radical (unpaired) electrons. The summed E-state index contributed by atoms with van der Waals surface area (Å²) in [4.78, 5) is 14.8. The van der Waals surface area contributed by atoms with E-state index in [1.807, 2.05) is 97.1 Å². The average Bonchev–Trinajstić information content (AvgIpc) is 3.62. The van der Waals surface area contributed by atoms with Gasteiger partial charge in [-0.3, -0.25) is 0 Å². The molecule has 4 nitrogen and oxygen atoms in total. The minimum atomic E-state index is -0.400. The van der Waals surface area contributed by atoms with Crippen molar-refractivity contribution in [2.24, 2.45) is 0 Å². The van der Waals surface area contributed by atoms with Crippen molar-refractivity contribution in [1.29, 1.82) is 0 Å². The lowest BCUT2D eigenvalue weighted by Gasteiger charge is -2.09. The lowest BCUT2D eigenvalue weighted by Crippen LogP contribution is -2.00. The third-order valence-corrected chi connectivity index (χ3v) is 8.67. The van der Waals surface area contributed by atoms with Gasteiger partial charge in [-0.1, -0.05) is 164 Å². The van der Waals surface area contributed by atoms with Crippen molar-refractivity contribution in [3.05, 3.63) is 176 Å². The Kier molecular flexibility index (Phi) is 5.87. The maximum Gasteiger partial charge on any atom is 0.167 e. The summed E-state index contributed by atoms with van der Waals surface area (Å²) in [6, 6.07) is 46.1. The molecule has 49 heavy (non-hydrogen) atoms. The summed E-state index contributed by atoms with van der Waals surface area (Å²) in [5.74, 6) is 1.69. The van der Waals surface area contributed by atoms with Gasteiger partial charge in [-0.2, -0.15) is 0 Å². The van der Waals surface area contributed by atoms with E-state index < -0.39 is 6.04 Å². The van der Waals surface area contributed by atoms with E-state index in [1.165, 1.54) is 0 Å². The Morgan fingerprint density at radius 2 is 0.898 bits per heavy atom. The first-order valence-corrected chi connectivity index (χ1v) is 16.0.